The molecule has 59 heavy (non-hydrogen) atoms. The molecule has 2 heteroatoms. The van der Waals surface area contributed by atoms with Crippen molar-refractivity contribution in [3.05, 3.63) is 211 Å². The number of para-hydroxylation sites is 2. The van der Waals surface area contributed by atoms with E-state index in [-0.39, 0.29) is 19.9 Å². The Labute approximate surface area is 350 Å². The summed E-state index contributed by atoms with van der Waals surface area (Å²) in [6.45, 7) is 4.75. The van der Waals surface area contributed by atoms with Gasteiger partial charge in [-0.2, -0.15) is 0 Å². The second kappa shape index (κ2) is 13.2. The van der Waals surface area contributed by atoms with Crippen LogP contribution in [0.3, 0.4) is 0 Å². The van der Waals surface area contributed by atoms with Crippen LogP contribution in [0.4, 0.5) is 0 Å². The quantitative estimate of drug-likeness (QED) is 0.153. The first-order valence-corrected chi connectivity index (χ1v) is 22.2. The van der Waals surface area contributed by atoms with Crippen LogP contribution in [0.25, 0.3) is 102 Å². The van der Waals surface area contributed by atoms with Crippen LogP contribution in [0.15, 0.2) is 200 Å². The van der Waals surface area contributed by atoms with Gasteiger partial charge in [0.1, 0.15) is 0 Å². The van der Waals surface area contributed by atoms with E-state index in [0.29, 0.717) is 0 Å². The van der Waals surface area contributed by atoms with Crippen LogP contribution in [-0.2, 0) is 5.41 Å². The molecule has 12 rings (SSSR count). The van der Waals surface area contributed by atoms with E-state index in [2.05, 4.69) is 219 Å². The summed E-state index contributed by atoms with van der Waals surface area (Å²) in [5.74, 6) is 0. The van der Waals surface area contributed by atoms with Crippen LogP contribution in [0.2, 0.25) is 0 Å². The van der Waals surface area contributed by atoms with Gasteiger partial charge in [-0.1, -0.05) is 60.7 Å². The van der Waals surface area contributed by atoms with E-state index in [0.717, 1.165) is 0 Å². The molecule has 0 N–H and O–H groups in total. The Bertz CT molecular complexity index is 3460. The van der Waals surface area contributed by atoms with Crippen molar-refractivity contribution in [2.24, 2.45) is 0 Å². The molecule has 0 amide bonds. The van der Waals surface area contributed by atoms with Crippen molar-refractivity contribution in [3.63, 3.8) is 0 Å². The van der Waals surface area contributed by atoms with Crippen molar-refractivity contribution in [3.8, 4) is 61.3 Å². The number of hydrogen-bond acceptors (Lipinski definition) is 0. The van der Waals surface area contributed by atoms with Gasteiger partial charge in [-0.3, -0.25) is 0 Å². The molecule has 0 bridgehead atoms. The number of hydrogen-bond donors (Lipinski definition) is 0. The predicted octanol–water partition coefficient (Wildman–Crippen LogP) is 15.1. The van der Waals surface area contributed by atoms with Crippen LogP contribution in [0.1, 0.15) is 25.0 Å². The van der Waals surface area contributed by atoms with Crippen LogP contribution < -0.4 is 0 Å². The zero-order valence-electron chi connectivity index (χ0n) is 32.9. The Kier molecular flexibility index (Phi) is 7.66. The number of aromatic nitrogens is 1. The molecule has 2 heterocycles. The van der Waals surface area contributed by atoms with Gasteiger partial charge in [0.25, 0.3) is 0 Å². The molecule has 0 atom stereocenters. The van der Waals surface area contributed by atoms with Crippen LogP contribution >= 0.6 is 0 Å². The first-order valence-electron chi connectivity index (χ1n) is 20.5. The van der Waals surface area contributed by atoms with Gasteiger partial charge < -0.3 is 0 Å². The molecule has 0 spiro atoms. The Balaban J connectivity index is 1.12. The van der Waals surface area contributed by atoms with E-state index in [1.807, 2.05) is 0 Å². The second-order valence-corrected chi connectivity index (χ2v) is 18.7. The fourth-order valence-corrected chi connectivity index (χ4v) is 12.4. The van der Waals surface area contributed by atoms with Crippen LogP contribution in [-0.4, -0.2) is 19.1 Å². The fraction of sp³-hybridized carbons (Fsp3) is 0.0526. The van der Waals surface area contributed by atoms with E-state index in [9.17, 15) is 0 Å². The Hall–Kier alpha value is -6.70. The number of nitrogens with zero attached hydrogens (tertiary/aromatic N) is 1. The third-order valence-corrected chi connectivity index (χ3v) is 15.3. The zero-order chi connectivity index (χ0) is 39.2. The average molecular weight is 817 g/mol. The molecule has 0 unspecified atom stereocenters. The van der Waals surface area contributed by atoms with Gasteiger partial charge in [0.15, 0.2) is 0 Å². The van der Waals surface area contributed by atoms with Crippen molar-refractivity contribution >= 4 is 55.6 Å². The summed E-state index contributed by atoms with van der Waals surface area (Å²) in [6, 6.07) is 74.9. The summed E-state index contributed by atoms with van der Waals surface area (Å²) in [5, 5.41) is 5.27. The number of fused-ring (bicyclic) bond motifs is 9. The topological polar surface area (TPSA) is 4.93 Å². The van der Waals surface area contributed by atoms with Crippen molar-refractivity contribution in [2.45, 2.75) is 19.3 Å². The van der Waals surface area contributed by atoms with E-state index < -0.39 is 0 Å². The molecular weight excluding hydrogens is 778 g/mol. The van der Waals surface area contributed by atoms with Crippen molar-refractivity contribution < 1.29 is 0 Å². The second-order valence-electron chi connectivity index (χ2n) is 16.5. The number of benzene rings is 9. The van der Waals surface area contributed by atoms with E-state index in [1.54, 1.807) is 0 Å². The summed E-state index contributed by atoms with van der Waals surface area (Å²) >= 11 is 0.240. The van der Waals surface area contributed by atoms with Gasteiger partial charge in [0.2, 0.25) is 0 Å². The third-order valence-electron chi connectivity index (χ3n) is 12.8. The molecular formula is C57H39NSe. The molecule has 278 valence electrons. The monoisotopic (exact) mass is 817 g/mol. The molecule has 0 fully saturated rings. The van der Waals surface area contributed by atoms with Crippen molar-refractivity contribution in [1.29, 1.82) is 0 Å². The molecule has 0 radical (unpaired) electrons. The standard InChI is InChI=1S/C57H39NSe/c1-57(2)51-22-12-9-19-44(51)45-27-25-37(34-52(45)57)39-29-40(38-26-28-47-46-20-10-13-23-53(46)58(54(47)35-38)43-17-7-4-8-18-43)31-41(30-39)42-32-49(36-15-5-3-6-16-36)56-50(33-42)48-21-11-14-24-55(48)59-56/h3-35H,1-2H3. The van der Waals surface area contributed by atoms with Crippen molar-refractivity contribution in [1.82, 2.24) is 4.57 Å². The summed E-state index contributed by atoms with van der Waals surface area (Å²) < 4.78 is 5.36. The van der Waals surface area contributed by atoms with E-state index in [4.69, 9.17) is 0 Å². The SMILES string of the molecule is CC1(C)c2ccccc2-c2ccc(-c3cc(-c4cc(-c5ccccc5)c5[se]c6ccccc6c5c4)cc(-c4ccc5c6ccccc6n(-c6ccccc6)c5c4)c3)cc21. The molecule has 0 saturated heterocycles. The maximum atomic E-state index is 2.47. The van der Waals surface area contributed by atoms with Gasteiger partial charge >= 0.3 is 273 Å². The van der Waals surface area contributed by atoms with Gasteiger partial charge in [0.05, 0.1) is 0 Å². The van der Waals surface area contributed by atoms with Gasteiger partial charge in [0, 0.05) is 0 Å². The number of rotatable bonds is 5. The van der Waals surface area contributed by atoms with Gasteiger partial charge in [-0.05, 0) is 18.2 Å². The predicted molar refractivity (Wildman–Crippen MR) is 252 cm³/mol. The zero-order valence-corrected chi connectivity index (χ0v) is 34.6. The Morgan fingerprint density at radius 3 is 1.76 bits per heavy atom. The molecule has 1 aliphatic rings. The van der Waals surface area contributed by atoms with Gasteiger partial charge in [-0.25, -0.2) is 0 Å². The van der Waals surface area contributed by atoms with Crippen LogP contribution in [0.5, 0.6) is 0 Å². The van der Waals surface area contributed by atoms with Gasteiger partial charge in [-0.15, -0.1) is 0 Å². The normalized spacial score (nSPS) is 13.1. The molecule has 0 aliphatic heterocycles. The van der Waals surface area contributed by atoms with E-state index >= 15 is 0 Å². The fourth-order valence-electron chi connectivity index (χ4n) is 9.84. The summed E-state index contributed by atoms with van der Waals surface area (Å²) in [7, 11) is 0. The Morgan fingerprint density at radius 2 is 0.949 bits per heavy atom. The van der Waals surface area contributed by atoms with Crippen LogP contribution in [0, 0.1) is 0 Å². The maximum absolute atomic E-state index is 2.47. The summed E-state index contributed by atoms with van der Waals surface area (Å²) in [4.78, 5) is 0. The molecule has 2 aromatic heterocycles. The molecule has 9 aromatic carbocycles. The minimum atomic E-state index is -0.0853. The first kappa shape index (κ1) is 34.3. The minimum absolute atomic E-state index is 0.0853. The first-order chi connectivity index (χ1) is 29.0. The summed E-state index contributed by atoms with van der Waals surface area (Å²) in [5.41, 5.74) is 18.9. The molecule has 1 nitrogen and oxygen atoms in total. The average Bonchev–Trinajstić information content (AvgIpc) is 3.91. The Morgan fingerprint density at radius 1 is 0.356 bits per heavy atom. The van der Waals surface area contributed by atoms with Crippen molar-refractivity contribution in [2.75, 3.05) is 0 Å². The summed E-state index contributed by atoms with van der Waals surface area (Å²) in [6.07, 6.45) is 0. The van der Waals surface area contributed by atoms with E-state index in [1.165, 1.54) is 114 Å². The third kappa shape index (κ3) is 5.38. The molecule has 0 saturated carbocycles. The molecule has 11 aromatic rings. The molecule has 1 aliphatic carbocycles.